The first-order valence-corrected chi connectivity index (χ1v) is 8.49. The topological polar surface area (TPSA) is 20.2 Å². The van der Waals surface area contributed by atoms with E-state index in [1.807, 2.05) is 0 Å². The molecular formula is C12H28OSi. The fourth-order valence-corrected chi connectivity index (χ4v) is 2.90. The Labute approximate surface area is 92.1 Å². The molecule has 2 heteroatoms. The summed E-state index contributed by atoms with van der Waals surface area (Å²) in [6.45, 7) is 4.51. The number of rotatable bonds is 10. The maximum atomic E-state index is 9.66. The van der Waals surface area contributed by atoms with Gasteiger partial charge in [-0.15, -0.1) is 0 Å². The summed E-state index contributed by atoms with van der Waals surface area (Å²) in [4.78, 5) is 0. The lowest BCUT2D eigenvalue weighted by Crippen LogP contribution is -2.06. The summed E-state index contributed by atoms with van der Waals surface area (Å²) < 4.78 is 0. The highest BCUT2D eigenvalue weighted by atomic mass is 28.2. The van der Waals surface area contributed by atoms with E-state index in [9.17, 15) is 5.11 Å². The summed E-state index contributed by atoms with van der Waals surface area (Å²) in [5.41, 5.74) is 0. The Kier molecular flexibility index (Phi) is 11.4. The normalized spacial score (nSPS) is 13.9. The largest absolute Gasteiger partial charge is 0.393 e. The first-order valence-electron chi connectivity index (χ1n) is 6.49. The van der Waals surface area contributed by atoms with E-state index >= 15 is 0 Å². The van der Waals surface area contributed by atoms with Crippen LogP contribution in [-0.2, 0) is 0 Å². The SMILES string of the molecule is CCCCCCC(O)CCC[SiH2]CC. The molecule has 0 rings (SSSR count). The molecule has 0 fully saturated rings. The van der Waals surface area contributed by atoms with Crippen molar-refractivity contribution in [1.82, 2.24) is 0 Å². The van der Waals surface area contributed by atoms with Gasteiger partial charge in [0.1, 0.15) is 0 Å². The van der Waals surface area contributed by atoms with E-state index in [1.165, 1.54) is 44.2 Å². The molecule has 0 saturated carbocycles. The van der Waals surface area contributed by atoms with E-state index in [4.69, 9.17) is 0 Å². The van der Waals surface area contributed by atoms with Gasteiger partial charge in [0.05, 0.1) is 6.10 Å². The molecule has 1 atom stereocenters. The maximum absolute atomic E-state index is 9.66. The summed E-state index contributed by atoms with van der Waals surface area (Å²) in [6.07, 6.45) is 8.50. The number of aliphatic hydroxyl groups excluding tert-OH is 1. The van der Waals surface area contributed by atoms with Crippen molar-refractivity contribution < 1.29 is 5.11 Å². The van der Waals surface area contributed by atoms with Crippen LogP contribution in [0.2, 0.25) is 12.1 Å². The maximum Gasteiger partial charge on any atom is 0.0540 e. The van der Waals surface area contributed by atoms with Gasteiger partial charge in [-0.3, -0.25) is 0 Å². The Morgan fingerprint density at radius 2 is 1.71 bits per heavy atom. The fraction of sp³-hybridized carbons (Fsp3) is 1.00. The average Bonchev–Trinajstić information content (AvgIpc) is 2.19. The fourth-order valence-electron chi connectivity index (χ4n) is 1.76. The molecule has 1 nitrogen and oxygen atoms in total. The Balaban J connectivity index is 3.07. The van der Waals surface area contributed by atoms with E-state index in [-0.39, 0.29) is 15.6 Å². The van der Waals surface area contributed by atoms with Gasteiger partial charge in [-0.2, -0.15) is 0 Å². The van der Waals surface area contributed by atoms with Crippen LogP contribution in [0.3, 0.4) is 0 Å². The van der Waals surface area contributed by atoms with Crippen molar-refractivity contribution in [2.75, 3.05) is 0 Å². The van der Waals surface area contributed by atoms with Gasteiger partial charge in [-0.05, 0) is 12.8 Å². The molecule has 14 heavy (non-hydrogen) atoms. The quantitative estimate of drug-likeness (QED) is 0.439. The monoisotopic (exact) mass is 216 g/mol. The molecule has 0 saturated heterocycles. The van der Waals surface area contributed by atoms with Crippen molar-refractivity contribution in [3.8, 4) is 0 Å². The molecule has 0 bridgehead atoms. The third-order valence-electron chi connectivity index (χ3n) is 2.78. The zero-order valence-corrected chi connectivity index (χ0v) is 11.5. The van der Waals surface area contributed by atoms with Gasteiger partial charge in [-0.25, -0.2) is 0 Å². The first-order chi connectivity index (χ1) is 6.81. The predicted octanol–water partition coefficient (Wildman–Crippen LogP) is 3.12. The number of hydrogen-bond donors (Lipinski definition) is 1. The number of unbranched alkanes of at least 4 members (excludes halogenated alkanes) is 3. The van der Waals surface area contributed by atoms with Gasteiger partial charge in [0.2, 0.25) is 0 Å². The second-order valence-electron chi connectivity index (χ2n) is 4.35. The minimum atomic E-state index is -0.00212. The standard InChI is InChI=1S/C12H28OSi/c1-3-5-6-7-9-12(13)10-8-11-14-4-2/h12-13H,3-11,14H2,1-2H3. The lowest BCUT2D eigenvalue weighted by atomic mass is 10.1. The molecule has 0 aliphatic carbocycles. The molecule has 0 aromatic heterocycles. The van der Waals surface area contributed by atoms with Crippen LogP contribution in [0.25, 0.3) is 0 Å². The molecule has 0 amide bonds. The summed E-state index contributed by atoms with van der Waals surface area (Å²) in [7, 11) is 0.240. The summed E-state index contributed by atoms with van der Waals surface area (Å²) in [5.74, 6) is 0. The smallest absolute Gasteiger partial charge is 0.0540 e. The Morgan fingerprint density at radius 3 is 2.36 bits per heavy atom. The van der Waals surface area contributed by atoms with Gasteiger partial charge >= 0.3 is 0 Å². The van der Waals surface area contributed by atoms with Crippen LogP contribution >= 0.6 is 0 Å². The third-order valence-corrected chi connectivity index (χ3v) is 4.49. The van der Waals surface area contributed by atoms with Crippen molar-refractivity contribution in [3.05, 3.63) is 0 Å². The summed E-state index contributed by atoms with van der Waals surface area (Å²) in [5, 5.41) is 9.66. The molecule has 1 unspecified atom stereocenters. The average molecular weight is 216 g/mol. The van der Waals surface area contributed by atoms with E-state index < -0.39 is 0 Å². The Hall–Kier alpha value is 0.177. The molecule has 0 aliphatic rings. The molecule has 0 aliphatic heterocycles. The van der Waals surface area contributed by atoms with Crippen molar-refractivity contribution in [1.29, 1.82) is 0 Å². The van der Waals surface area contributed by atoms with Crippen LogP contribution in [0.4, 0.5) is 0 Å². The van der Waals surface area contributed by atoms with Crippen molar-refractivity contribution in [3.63, 3.8) is 0 Å². The van der Waals surface area contributed by atoms with Gasteiger partial charge in [0.15, 0.2) is 0 Å². The van der Waals surface area contributed by atoms with Gasteiger partial charge in [-0.1, -0.05) is 58.0 Å². The number of hydrogen-bond acceptors (Lipinski definition) is 1. The molecular weight excluding hydrogens is 188 g/mol. The number of aliphatic hydroxyl groups is 1. The second-order valence-corrected chi connectivity index (χ2v) is 6.77. The molecule has 86 valence electrons. The minimum absolute atomic E-state index is 0.00212. The van der Waals surface area contributed by atoms with E-state index in [2.05, 4.69) is 13.8 Å². The first kappa shape index (κ1) is 14.2. The molecule has 1 N–H and O–H groups in total. The second kappa shape index (κ2) is 11.3. The highest BCUT2D eigenvalue weighted by Gasteiger charge is 2.02. The zero-order chi connectivity index (χ0) is 10.6. The highest BCUT2D eigenvalue weighted by molar-refractivity contribution is 6.35. The predicted molar refractivity (Wildman–Crippen MR) is 67.8 cm³/mol. The Morgan fingerprint density at radius 1 is 1.00 bits per heavy atom. The van der Waals surface area contributed by atoms with Crippen LogP contribution in [0.5, 0.6) is 0 Å². The highest BCUT2D eigenvalue weighted by Crippen LogP contribution is 2.10. The lowest BCUT2D eigenvalue weighted by Gasteiger charge is -2.09. The van der Waals surface area contributed by atoms with Crippen LogP contribution < -0.4 is 0 Å². The van der Waals surface area contributed by atoms with Crippen molar-refractivity contribution >= 4 is 9.52 Å². The molecule has 0 aromatic carbocycles. The Bertz CT molecular complexity index is 94.5. The van der Waals surface area contributed by atoms with Crippen LogP contribution in [0.1, 0.15) is 58.8 Å². The summed E-state index contributed by atoms with van der Waals surface area (Å²) in [6, 6.07) is 2.86. The van der Waals surface area contributed by atoms with Crippen LogP contribution in [-0.4, -0.2) is 20.7 Å². The van der Waals surface area contributed by atoms with Gasteiger partial charge in [0, 0.05) is 9.52 Å². The molecule has 0 spiro atoms. The molecule has 0 heterocycles. The summed E-state index contributed by atoms with van der Waals surface area (Å²) >= 11 is 0. The van der Waals surface area contributed by atoms with E-state index in [0.29, 0.717) is 0 Å². The van der Waals surface area contributed by atoms with E-state index in [0.717, 1.165) is 12.8 Å². The van der Waals surface area contributed by atoms with E-state index in [1.54, 1.807) is 0 Å². The lowest BCUT2D eigenvalue weighted by molar-refractivity contribution is 0.150. The third kappa shape index (κ3) is 10.3. The van der Waals surface area contributed by atoms with Crippen LogP contribution in [0.15, 0.2) is 0 Å². The van der Waals surface area contributed by atoms with Gasteiger partial charge in [0.25, 0.3) is 0 Å². The van der Waals surface area contributed by atoms with Crippen LogP contribution in [0, 0.1) is 0 Å². The van der Waals surface area contributed by atoms with Gasteiger partial charge < -0.3 is 5.11 Å². The minimum Gasteiger partial charge on any atom is -0.393 e. The van der Waals surface area contributed by atoms with Crippen molar-refractivity contribution in [2.24, 2.45) is 0 Å². The molecule has 0 aromatic rings. The zero-order valence-electron chi connectivity index (χ0n) is 10.1. The molecule has 0 radical (unpaired) electrons. The van der Waals surface area contributed by atoms with Crippen molar-refractivity contribution in [2.45, 2.75) is 77.0 Å².